The minimum Gasteiger partial charge on any atom is -0.494 e. The van der Waals surface area contributed by atoms with Crippen LogP contribution < -0.4 is 0 Å². The van der Waals surface area contributed by atoms with Crippen LogP contribution in [0, 0.1) is 0 Å². The third kappa shape index (κ3) is 2.21. The fraction of sp³-hybridized carbons (Fsp3) is 0.0909. The van der Waals surface area contributed by atoms with Crippen LogP contribution in [-0.2, 0) is 4.43 Å². The van der Waals surface area contributed by atoms with E-state index in [1.54, 1.807) is 18.2 Å². The summed E-state index contributed by atoms with van der Waals surface area (Å²) < 4.78 is 1.85. The highest BCUT2D eigenvalue weighted by molar-refractivity contribution is 14.1. The van der Waals surface area contributed by atoms with Crippen LogP contribution in [0.3, 0.4) is 0 Å². The van der Waals surface area contributed by atoms with Crippen LogP contribution in [0.4, 0.5) is 0 Å². The van der Waals surface area contributed by atoms with Crippen molar-refractivity contribution >= 4 is 45.8 Å². The first-order chi connectivity index (χ1) is 8.06. The van der Waals surface area contributed by atoms with Gasteiger partial charge in [-0.2, -0.15) is 0 Å². The molecule has 90 valence electrons. The molecule has 0 amide bonds. The first-order valence-corrected chi connectivity index (χ1v) is 6.97. The molecule has 2 aromatic rings. The molecule has 3 nitrogen and oxygen atoms in total. The number of aromatic hydroxyl groups is 2. The Morgan fingerprint density at radius 2 is 1.94 bits per heavy atom. The van der Waals surface area contributed by atoms with Gasteiger partial charge in [0.1, 0.15) is 0 Å². The Morgan fingerprint density at radius 3 is 2.53 bits per heavy atom. The quantitative estimate of drug-likeness (QED) is 0.605. The molecule has 0 aliphatic carbocycles. The van der Waals surface area contributed by atoms with Gasteiger partial charge < -0.3 is 10.2 Å². The molecular formula is C11H8Cl2INO2. The molecule has 0 radical (unpaired) electrons. The summed E-state index contributed by atoms with van der Waals surface area (Å²) in [7, 11) is 0. The number of nitrogens with zero attached hydrogens (tertiary/aromatic N) is 1. The molecule has 1 aromatic carbocycles. The average molecular weight is 384 g/mol. The summed E-state index contributed by atoms with van der Waals surface area (Å²) in [5.74, 6) is -0.0978. The monoisotopic (exact) mass is 383 g/mol. The summed E-state index contributed by atoms with van der Waals surface area (Å²) in [6, 6.07) is 6.51. The second kappa shape index (κ2) is 4.96. The molecule has 1 heterocycles. The zero-order valence-electron chi connectivity index (χ0n) is 8.49. The fourth-order valence-corrected chi connectivity index (χ4v) is 2.48. The van der Waals surface area contributed by atoms with Crippen LogP contribution in [-0.4, -0.2) is 14.8 Å². The van der Waals surface area contributed by atoms with E-state index in [1.807, 2.05) is 0 Å². The van der Waals surface area contributed by atoms with E-state index in [9.17, 15) is 10.2 Å². The van der Waals surface area contributed by atoms with Gasteiger partial charge in [0.25, 0.3) is 0 Å². The van der Waals surface area contributed by atoms with Gasteiger partial charge in [-0.25, -0.2) is 4.57 Å². The van der Waals surface area contributed by atoms with Crippen molar-refractivity contribution in [2.24, 2.45) is 0 Å². The van der Waals surface area contributed by atoms with Gasteiger partial charge in [-0.05, 0) is 12.1 Å². The Kier molecular flexibility index (Phi) is 3.75. The van der Waals surface area contributed by atoms with Crippen molar-refractivity contribution in [1.29, 1.82) is 0 Å². The molecule has 6 heteroatoms. The highest BCUT2D eigenvalue weighted by atomic mass is 127. The third-order valence-corrected chi connectivity index (χ3v) is 3.98. The topological polar surface area (TPSA) is 45.4 Å². The second-order valence-corrected chi connectivity index (χ2v) is 4.94. The molecule has 0 bridgehead atoms. The molecular weight excluding hydrogens is 376 g/mol. The van der Waals surface area contributed by atoms with E-state index in [-0.39, 0.29) is 16.8 Å². The van der Waals surface area contributed by atoms with Crippen LogP contribution in [0.5, 0.6) is 11.8 Å². The molecule has 0 aliphatic heterocycles. The molecule has 0 unspecified atom stereocenters. The minimum absolute atomic E-state index is 0.0268. The minimum atomic E-state index is -0.0710. The molecule has 0 spiro atoms. The first-order valence-electron chi connectivity index (χ1n) is 4.69. The van der Waals surface area contributed by atoms with Crippen molar-refractivity contribution in [2.45, 2.75) is 4.43 Å². The number of aromatic nitrogens is 1. The highest BCUT2D eigenvalue weighted by Crippen LogP contribution is 2.37. The fourth-order valence-electron chi connectivity index (χ4n) is 1.54. The van der Waals surface area contributed by atoms with E-state index in [0.29, 0.717) is 20.7 Å². The van der Waals surface area contributed by atoms with Crippen LogP contribution >= 0.6 is 45.8 Å². The number of alkyl halides is 1. The average Bonchev–Trinajstić information content (AvgIpc) is 2.58. The predicted octanol–water partition coefficient (Wildman–Crippen LogP) is 4.13. The highest BCUT2D eigenvalue weighted by Gasteiger charge is 2.17. The molecule has 0 saturated heterocycles. The lowest BCUT2D eigenvalue weighted by Crippen LogP contribution is -1.94. The maximum atomic E-state index is 9.97. The normalized spacial score (nSPS) is 10.8. The van der Waals surface area contributed by atoms with Crippen molar-refractivity contribution in [1.82, 2.24) is 4.57 Å². The van der Waals surface area contributed by atoms with E-state index < -0.39 is 0 Å². The lowest BCUT2D eigenvalue weighted by atomic mass is 10.3. The Hall–Kier alpha value is -0.590. The van der Waals surface area contributed by atoms with Gasteiger partial charge in [-0.1, -0.05) is 51.9 Å². The smallest absolute Gasteiger partial charge is 0.202 e. The predicted molar refractivity (Wildman–Crippen MR) is 76.8 cm³/mol. The lowest BCUT2D eigenvalue weighted by Gasteiger charge is -2.09. The molecule has 1 aromatic heterocycles. The molecule has 0 atom stereocenters. The summed E-state index contributed by atoms with van der Waals surface area (Å²) in [4.78, 5) is 0. The number of halogens is 3. The van der Waals surface area contributed by atoms with Crippen molar-refractivity contribution in [3.8, 4) is 17.4 Å². The third-order valence-electron chi connectivity index (χ3n) is 2.35. The van der Waals surface area contributed by atoms with Gasteiger partial charge in [-0.15, -0.1) is 0 Å². The SMILES string of the molecule is Oc1cc(CI)c(O)n1-c1cccc(Cl)c1Cl. The van der Waals surface area contributed by atoms with Gasteiger partial charge in [0.2, 0.25) is 5.88 Å². The van der Waals surface area contributed by atoms with E-state index >= 15 is 0 Å². The summed E-state index contributed by atoms with van der Waals surface area (Å²) in [5.41, 5.74) is 1.09. The molecule has 0 fully saturated rings. The maximum Gasteiger partial charge on any atom is 0.202 e. The van der Waals surface area contributed by atoms with Gasteiger partial charge in [0, 0.05) is 16.1 Å². The summed E-state index contributed by atoms with van der Waals surface area (Å²) in [6.07, 6.45) is 0. The number of rotatable bonds is 2. The number of hydrogen-bond acceptors (Lipinski definition) is 2. The van der Waals surface area contributed by atoms with Gasteiger partial charge >= 0.3 is 0 Å². The second-order valence-electron chi connectivity index (χ2n) is 3.39. The standard InChI is InChI=1S/C11H8Cl2INO2/c12-7-2-1-3-8(10(7)13)15-9(16)4-6(5-14)11(15)17/h1-4,16-17H,5H2. The Labute approximate surface area is 122 Å². The zero-order valence-corrected chi connectivity index (χ0v) is 12.2. The van der Waals surface area contributed by atoms with Crippen molar-refractivity contribution in [3.05, 3.63) is 39.9 Å². The van der Waals surface area contributed by atoms with Gasteiger partial charge in [0.05, 0.1) is 15.7 Å². The molecule has 0 aliphatic rings. The molecule has 0 saturated carbocycles. The first kappa shape index (κ1) is 12.9. The molecule has 17 heavy (non-hydrogen) atoms. The van der Waals surface area contributed by atoms with Crippen molar-refractivity contribution in [2.75, 3.05) is 0 Å². The molecule has 2 N–H and O–H groups in total. The summed E-state index contributed by atoms with van der Waals surface area (Å²) >= 11 is 14.0. The van der Waals surface area contributed by atoms with E-state index in [4.69, 9.17) is 23.2 Å². The molecule has 2 rings (SSSR count). The van der Waals surface area contributed by atoms with Gasteiger partial charge in [0.15, 0.2) is 5.88 Å². The van der Waals surface area contributed by atoms with Crippen LogP contribution in [0.25, 0.3) is 5.69 Å². The van der Waals surface area contributed by atoms with Crippen LogP contribution in [0.2, 0.25) is 10.0 Å². The van der Waals surface area contributed by atoms with Crippen LogP contribution in [0.1, 0.15) is 5.56 Å². The Morgan fingerprint density at radius 1 is 1.24 bits per heavy atom. The number of benzene rings is 1. The summed E-state index contributed by atoms with van der Waals surface area (Å²) in [6.45, 7) is 0. The Balaban J connectivity index is 2.68. The van der Waals surface area contributed by atoms with Crippen LogP contribution in [0.15, 0.2) is 24.3 Å². The van der Waals surface area contributed by atoms with Crippen molar-refractivity contribution < 1.29 is 10.2 Å². The maximum absolute atomic E-state index is 9.97. The van der Waals surface area contributed by atoms with Gasteiger partial charge in [-0.3, -0.25) is 0 Å². The van der Waals surface area contributed by atoms with Crippen molar-refractivity contribution in [3.63, 3.8) is 0 Å². The summed E-state index contributed by atoms with van der Waals surface area (Å²) in [5, 5.41) is 20.4. The Bertz CT molecular complexity index is 569. The number of hydrogen-bond donors (Lipinski definition) is 2. The lowest BCUT2D eigenvalue weighted by molar-refractivity contribution is 0.401. The zero-order chi connectivity index (χ0) is 12.6. The van der Waals surface area contributed by atoms with E-state index in [2.05, 4.69) is 22.6 Å². The largest absolute Gasteiger partial charge is 0.494 e. The van der Waals surface area contributed by atoms with E-state index in [1.165, 1.54) is 10.6 Å². The van der Waals surface area contributed by atoms with E-state index in [0.717, 1.165) is 0 Å².